The first kappa shape index (κ1) is 19.6. The van der Waals surface area contributed by atoms with Crippen LogP contribution in [-0.2, 0) is 22.7 Å². The summed E-state index contributed by atoms with van der Waals surface area (Å²) in [6.07, 6.45) is 0.190. The lowest BCUT2D eigenvalue weighted by Gasteiger charge is -2.20. The normalized spacial score (nSPS) is 16.2. The molecule has 28 heavy (non-hydrogen) atoms. The Morgan fingerprint density at radius 2 is 1.75 bits per heavy atom. The van der Waals surface area contributed by atoms with Crippen LogP contribution in [0.1, 0.15) is 17.5 Å². The Morgan fingerprint density at radius 1 is 1.11 bits per heavy atom. The standard InChI is InChI=1S/C21H25N5O2/c1-25(2)14-16-9-7-6-8-15(16)13-23-21(28)18-12-19(20(22)27)26(24-18)17-10-4-3-5-11-17/h3-11,19H,12-14H2,1-2H3,(H2,22,27)(H,23,28). The van der Waals surface area contributed by atoms with Gasteiger partial charge in [-0.2, -0.15) is 5.10 Å². The molecule has 2 aromatic rings. The number of para-hydroxylation sites is 1. The lowest BCUT2D eigenvalue weighted by atomic mass is 10.1. The number of benzene rings is 2. The van der Waals surface area contributed by atoms with Crippen molar-refractivity contribution in [3.63, 3.8) is 0 Å². The lowest BCUT2D eigenvalue weighted by molar-refractivity contribution is -0.119. The van der Waals surface area contributed by atoms with Gasteiger partial charge in [-0.25, -0.2) is 0 Å². The van der Waals surface area contributed by atoms with E-state index in [1.165, 1.54) is 5.01 Å². The van der Waals surface area contributed by atoms with Crippen molar-refractivity contribution in [1.29, 1.82) is 0 Å². The Hall–Kier alpha value is -3.19. The molecule has 1 atom stereocenters. The van der Waals surface area contributed by atoms with Crippen molar-refractivity contribution in [1.82, 2.24) is 10.2 Å². The first-order valence-electron chi connectivity index (χ1n) is 9.16. The highest BCUT2D eigenvalue weighted by Crippen LogP contribution is 2.24. The van der Waals surface area contributed by atoms with Crippen molar-refractivity contribution in [2.45, 2.75) is 25.6 Å². The maximum absolute atomic E-state index is 12.7. The van der Waals surface area contributed by atoms with Crippen molar-refractivity contribution >= 4 is 23.2 Å². The molecule has 0 saturated heterocycles. The zero-order valence-electron chi connectivity index (χ0n) is 16.1. The summed E-state index contributed by atoms with van der Waals surface area (Å²) >= 11 is 0. The number of rotatable bonds is 7. The maximum Gasteiger partial charge on any atom is 0.267 e. The van der Waals surface area contributed by atoms with Gasteiger partial charge >= 0.3 is 0 Å². The van der Waals surface area contributed by atoms with E-state index in [2.05, 4.69) is 21.4 Å². The molecule has 146 valence electrons. The molecule has 7 nitrogen and oxygen atoms in total. The molecule has 1 unspecified atom stereocenters. The van der Waals surface area contributed by atoms with Crippen LogP contribution in [0, 0.1) is 0 Å². The van der Waals surface area contributed by atoms with E-state index in [9.17, 15) is 9.59 Å². The van der Waals surface area contributed by atoms with Gasteiger partial charge in [0, 0.05) is 19.5 Å². The Labute approximate surface area is 164 Å². The zero-order valence-corrected chi connectivity index (χ0v) is 16.1. The summed E-state index contributed by atoms with van der Waals surface area (Å²) in [5.74, 6) is -0.795. The lowest BCUT2D eigenvalue weighted by Crippen LogP contribution is -2.39. The molecule has 1 aliphatic rings. The summed E-state index contributed by atoms with van der Waals surface area (Å²) in [7, 11) is 4.01. The molecule has 7 heteroatoms. The molecule has 0 fully saturated rings. The van der Waals surface area contributed by atoms with Gasteiger partial charge in [0.05, 0.1) is 5.69 Å². The average Bonchev–Trinajstić information content (AvgIpc) is 3.13. The summed E-state index contributed by atoms with van der Waals surface area (Å²) in [5.41, 5.74) is 8.76. The predicted octanol–water partition coefficient (Wildman–Crippen LogP) is 1.48. The molecule has 2 aromatic carbocycles. The summed E-state index contributed by atoms with van der Waals surface area (Å²) in [4.78, 5) is 26.6. The minimum Gasteiger partial charge on any atom is -0.368 e. The third-order valence-electron chi connectivity index (χ3n) is 4.57. The number of nitrogens with one attached hydrogen (secondary N) is 1. The van der Waals surface area contributed by atoms with Gasteiger partial charge in [0.15, 0.2) is 0 Å². The van der Waals surface area contributed by atoms with Crippen molar-refractivity contribution in [3.8, 4) is 0 Å². The fourth-order valence-electron chi connectivity index (χ4n) is 3.19. The van der Waals surface area contributed by atoms with Gasteiger partial charge in [-0.05, 0) is 37.4 Å². The number of hydrogen-bond donors (Lipinski definition) is 2. The van der Waals surface area contributed by atoms with E-state index in [1.807, 2.05) is 62.6 Å². The number of hydrogen-bond acceptors (Lipinski definition) is 5. The van der Waals surface area contributed by atoms with Gasteiger partial charge in [-0.15, -0.1) is 0 Å². The second-order valence-electron chi connectivity index (χ2n) is 7.04. The van der Waals surface area contributed by atoms with Gasteiger partial charge in [0.2, 0.25) is 5.91 Å². The second kappa shape index (κ2) is 8.67. The van der Waals surface area contributed by atoms with E-state index >= 15 is 0 Å². The Bertz CT molecular complexity index is 879. The van der Waals surface area contributed by atoms with Crippen molar-refractivity contribution < 1.29 is 9.59 Å². The van der Waals surface area contributed by atoms with Crippen molar-refractivity contribution in [2.75, 3.05) is 19.1 Å². The van der Waals surface area contributed by atoms with E-state index in [-0.39, 0.29) is 12.3 Å². The third kappa shape index (κ3) is 4.55. The first-order valence-corrected chi connectivity index (χ1v) is 9.16. The molecule has 3 N–H and O–H groups in total. The number of carbonyl (C=O) groups excluding carboxylic acids is 2. The number of hydrazone groups is 1. The van der Waals surface area contributed by atoms with Crippen LogP contribution in [0.25, 0.3) is 0 Å². The second-order valence-corrected chi connectivity index (χ2v) is 7.04. The quantitative estimate of drug-likeness (QED) is 0.762. The number of primary amides is 1. The molecule has 0 saturated carbocycles. The number of anilines is 1. The van der Waals surface area contributed by atoms with Crippen LogP contribution in [0.3, 0.4) is 0 Å². The van der Waals surface area contributed by atoms with Gasteiger partial charge in [0.25, 0.3) is 5.91 Å². The first-order chi connectivity index (χ1) is 13.5. The van der Waals surface area contributed by atoms with Crippen LogP contribution in [0.4, 0.5) is 5.69 Å². The van der Waals surface area contributed by atoms with E-state index in [4.69, 9.17) is 5.73 Å². The van der Waals surface area contributed by atoms with E-state index in [0.717, 1.165) is 23.4 Å². The van der Waals surface area contributed by atoms with Gasteiger partial charge in [-0.1, -0.05) is 42.5 Å². The molecule has 0 radical (unpaired) electrons. The largest absolute Gasteiger partial charge is 0.368 e. The van der Waals surface area contributed by atoms with Gasteiger partial charge < -0.3 is 16.0 Å². The van der Waals surface area contributed by atoms with E-state index in [1.54, 1.807) is 0 Å². The monoisotopic (exact) mass is 379 g/mol. The number of nitrogens with zero attached hydrogens (tertiary/aromatic N) is 3. The molecule has 0 aromatic heterocycles. The van der Waals surface area contributed by atoms with E-state index < -0.39 is 11.9 Å². The minimum atomic E-state index is -0.663. The van der Waals surface area contributed by atoms with Crippen LogP contribution in [0.5, 0.6) is 0 Å². The van der Waals surface area contributed by atoms with Gasteiger partial charge in [0.1, 0.15) is 11.8 Å². The topological polar surface area (TPSA) is 91.0 Å². The molecule has 0 bridgehead atoms. The number of amides is 2. The summed E-state index contributed by atoms with van der Waals surface area (Å²) < 4.78 is 0. The third-order valence-corrected chi connectivity index (χ3v) is 4.57. The Balaban J connectivity index is 1.72. The van der Waals surface area contributed by atoms with Gasteiger partial charge in [-0.3, -0.25) is 14.6 Å². The summed E-state index contributed by atoms with van der Waals surface area (Å²) in [6, 6.07) is 16.6. The molecular formula is C21H25N5O2. The molecule has 1 aliphatic heterocycles. The highest BCUT2D eigenvalue weighted by molar-refractivity contribution is 6.40. The smallest absolute Gasteiger partial charge is 0.267 e. The van der Waals surface area contributed by atoms with E-state index in [0.29, 0.717) is 12.3 Å². The summed E-state index contributed by atoms with van der Waals surface area (Å²) in [5, 5.41) is 8.82. The van der Waals surface area contributed by atoms with Crippen LogP contribution in [0.2, 0.25) is 0 Å². The highest BCUT2D eigenvalue weighted by Gasteiger charge is 2.34. The molecule has 1 heterocycles. The predicted molar refractivity (Wildman–Crippen MR) is 110 cm³/mol. The number of nitrogens with two attached hydrogens (primary N) is 1. The molecule has 3 rings (SSSR count). The van der Waals surface area contributed by atoms with Crippen LogP contribution in [-0.4, -0.2) is 42.6 Å². The maximum atomic E-state index is 12.7. The minimum absolute atomic E-state index is 0.190. The Kier molecular flexibility index (Phi) is 6.06. The zero-order chi connectivity index (χ0) is 20.1. The van der Waals surface area contributed by atoms with Crippen LogP contribution >= 0.6 is 0 Å². The number of carbonyl (C=O) groups is 2. The average molecular weight is 379 g/mol. The SMILES string of the molecule is CN(C)Cc1ccccc1CNC(=O)C1=NN(c2ccccc2)C(C(N)=O)C1. The summed E-state index contributed by atoms with van der Waals surface area (Å²) in [6.45, 7) is 1.19. The molecule has 2 amide bonds. The fraction of sp³-hybridized carbons (Fsp3) is 0.286. The fourth-order valence-corrected chi connectivity index (χ4v) is 3.19. The molecule has 0 aliphatic carbocycles. The van der Waals surface area contributed by atoms with Crippen LogP contribution < -0.4 is 16.1 Å². The van der Waals surface area contributed by atoms with Crippen molar-refractivity contribution in [3.05, 3.63) is 65.7 Å². The van der Waals surface area contributed by atoms with Crippen molar-refractivity contribution in [2.24, 2.45) is 10.8 Å². The molecule has 0 spiro atoms. The molecular weight excluding hydrogens is 354 g/mol. The van der Waals surface area contributed by atoms with Crippen LogP contribution in [0.15, 0.2) is 59.7 Å². The highest BCUT2D eigenvalue weighted by atomic mass is 16.2. The Morgan fingerprint density at radius 3 is 2.39 bits per heavy atom.